The first kappa shape index (κ1) is 20.0. The molecule has 1 aromatic rings. The number of hydrogen-bond acceptors (Lipinski definition) is 6. The van der Waals surface area contributed by atoms with Crippen LogP contribution >= 0.6 is 0 Å². The van der Waals surface area contributed by atoms with E-state index in [0.717, 1.165) is 30.5 Å². The molecule has 2 atom stereocenters. The summed E-state index contributed by atoms with van der Waals surface area (Å²) < 4.78 is 10.2. The third-order valence-electron chi connectivity index (χ3n) is 5.23. The second-order valence-corrected chi connectivity index (χ2v) is 7.13. The molecule has 1 unspecified atom stereocenters. The van der Waals surface area contributed by atoms with E-state index in [2.05, 4.69) is 4.99 Å². The number of ether oxygens (including phenoxy) is 2. The molecule has 148 valence electrons. The van der Waals surface area contributed by atoms with E-state index in [1.165, 1.54) is 7.11 Å². The van der Waals surface area contributed by atoms with E-state index in [4.69, 9.17) is 9.47 Å². The van der Waals surface area contributed by atoms with Gasteiger partial charge in [-0.25, -0.2) is 4.79 Å². The fraction of sp³-hybridized carbons (Fsp3) is 0.455. The van der Waals surface area contributed by atoms with Crippen molar-refractivity contribution in [2.24, 2.45) is 10.9 Å². The van der Waals surface area contributed by atoms with Gasteiger partial charge in [0.15, 0.2) is 5.78 Å². The van der Waals surface area contributed by atoms with Crippen molar-refractivity contribution in [2.75, 3.05) is 13.7 Å². The second kappa shape index (κ2) is 8.50. The van der Waals surface area contributed by atoms with Gasteiger partial charge < -0.3 is 9.47 Å². The number of methoxy groups -OCH3 is 1. The zero-order valence-corrected chi connectivity index (χ0v) is 16.5. The molecule has 6 heteroatoms. The number of Topliss-reactive ketones (excluding diaryl/α,β-unsaturated/α-hetero) is 1. The number of esters is 2. The van der Waals surface area contributed by atoms with Crippen LogP contribution in [0.25, 0.3) is 0 Å². The smallest absolute Gasteiger partial charge is 0.337 e. The molecule has 3 rings (SSSR count). The van der Waals surface area contributed by atoms with Gasteiger partial charge in [-0.3, -0.25) is 14.6 Å². The van der Waals surface area contributed by atoms with Crippen molar-refractivity contribution in [3.8, 4) is 0 Å². The molecule has 0 amide bonds. The highest BCUT2D eigenvalue weighted by molar-refractivity contribution is 6.08. The molecular formula is C22H25NO5. The van der Waals surface area contributed by atoms with Crippen LogP contribution in [0.4, 0.5) is 0 Å². The monoisotopic (exact) mass is 383 g/mol. The summed E-state index contributed by atoms with van der Waals surface area (Å²) in [6, 6.07) is 6.87. The van der Waals surface area contributed by atoms with E-state index in [9.17, 15) is 14.4 Å². The molecule has 1 aliphatic carbocycles. The quantitative estimate of drug-likeness (QED) is 0.726. The summed E-state index contributed by atoms with van der Waals surface area (Å²) in [6.45, 7) is 4.08. The Morgan fingerprint density at radius 1 is 1.18 bits per heavy atom. The number of hydrogen-bond donors (Lipinski definition) is 0. The lowest BCUT2D eigenvalue weighted by atomic mass is 9.71. The van der Waals surface area contributed by atoms with Crippen molar-refractivity contribution in [3.63, 3.8) is 0 Å². The standard InChI is InChI=1S/C22H25NO5/c1-4-12-28-22(26)18-13(2)23-16-6-5-7-17(24)20(16)19(18)14-8-10-15(11-9-14)21(25)27-3/h8-11,18-19H,4-7,12H2,1-3H3/t18?,19-/m0/s1. The van der Waals surface area contributed by atoms with Crippen LogP contribution in [0.2, 0.25) is 0 Å². The van der Waals surface area contributed by atoms with Gasteiger partial charge in [0.2, 0.25) is 0 Å². The number of benzene rings is 1. The number of carbonyl (C=O) groups is 3. The highest BCUT2D eigenvalue weighted by Gasteiger charge is 2.43. The number of nitrogens with zero attached hydrogens (tertiary/aromatic N) is 1. The van der Waals surface area contributed by atoms with Gasteiger partial charge in [0, 0.05) is 29.3 Å². The van der Waals surface area contributed by atoms with Crippen LogP contribution in [-0.4, -0.2) is 37.2 Å². The summed E-state index contributed by atoms with van der Waals surface area (Å²) >= 11 is 0. The zero-order chi connectivity index (χ0) is 20.3. The van der Waals surface area contributed by atoms with Crippen molar-refractivity contribution in [3.05, 3.63) is 46.7 Å². The Balaban J connectivity index is 2.06. The molecule has 1 aliphatic heterocycles. The molecule has 28 heavy (non-hydrogen) atoms. The Kier molecular flexibility index (Phi) is 6.07. The highest BCUT2D eigenvalue weighted by atomic mass is 16.5. The van der Waals surface area contributed by atoms with Gasteiger partial charge in [-0.1, -0.05) is 19.1 Å². The maximum Gasteiger partial charge on any atom is 0.337 e. The average Bonchev–Trinajstić information content (AvgIpc) is 2.70. The van der Waals surface area contributed by atoms with Crippen molar-refractivity contribution < 1.29 is 23.9 Å². The normalized spacial score (nSPS) is 21.7. The Morgan fingerprint density at radius 2 is 1.89 bits per heavy atom. The fourth-order valence-corrected chi connectivity index (χ4v) is 3.91. The summed E-state index contributed by atoms with van der Waals surface area (Å²) in [5, 5.41) is 0. The Morgan fingerprint density at radius 3 is 2.54 bits per heavy atom. The van der Waals surface area contributed by atoms with Crippen LogP contribution in [0.3, 0.4) is 0 Å². The van der Waals surface area contributed by atoms with Crippen LogP contribution < -0.4 is 0 Å². The van der Waals surface area contributed by atoms with Crippen LogP contribution in [0.5, 0.6) is 0 Å². The Bertz CT molecular complexity index is 850. The maximum atomic E-state index is 12.8. The second-order valence-electron chi connectivity index (χ2n) is 7.13. The number of carbonyl (C=O) groups excluding carboxylic acids is 3. The van der Waals surface area contributed by atoms with Crippen LogP contribution in [0.1, 0.15) is 61.4 Å². The van der Waals surface area contributed by atoms with Crippen molar-refractivity contribution in [1.82, 2.24) is 0 Å². The number of allylic oxidation sites excluding steroid dienone is 2. The molecule has 0 bridgehead atoms. The molecule has 0 radical (unpaired) electrons. The average molecular weight is 383 g/mol. The van der Waals surface area contributed by atoms with E-state index >= 15 is 0 Å². The van der Waals surface area contributed by atoms with Gasteiger partial charge in [0.1, 0.15) is 5.92 Å². The van der Waals surface area contributed by atoms with Gasteiger partial charge >= 0.3 is 11.9 Å². The third kappa shape index (κ3) is 3.77. The molecule has 6 nitrogen and oxygen atoms in total. The first-order valence-corrected chi connectivity index (χ1v) is 9.64. The van der Waals surface area contributed by atoms with Crippen molar-refractivity contribution in [1.29, 1.82) is 0 Å². The molecule has 2 aliphatic rings. The molecule has 0 saturated carbocycles. The first-order chi connectivity index (χ1) is 13.5. The minimum Gasteiger partial charge on any atom is -0.465 e. The van der Waals surface area contributed by atoms with Crippen LogP contribution in [0, 0.1) is 5.92 Å². The summed E-state index contributed by atoms with van der Waals surface area (Å²) in [4.78, 5) is 42.0. The van der Waals surface area contributed by atoms with Crippen LogP contribution in [-0.2, 0) is 19.1 Å². The summed E-state index contributed by atoms with van der Waals surface area (Å²) in [6.07, 6.45) is 2.68. The summed E-state index contributed by atoms with van der Waals surface area (Å²) in [5.74, 6) is -1.85. The van der Waals surface area contributed by atoms with Gasteiger partial charge in [0.05, 0.1) is 19.3 Å². The van der Waals surface area contributed by atoms with Crippen LogP contribution in [0.15, 0.2) is 40.5 Å². The summed E-state index contributed by atoms with van der Waals surface area (Å²) in [7, 11) is 1.33. The Hall–Kier alpha value is -2.76. The van der Waals surface area contributed by atoms with E-state index in [1.807, 2.05) is 13.8 Å². The van der Waals surface area contributed by atoms with Crippen molar-refractivity contribution in [2.45, 2.75) is 45.4 Å². The van der Waals surface area contributed by atoms with E-state index in [0.29, 0.717) is 29.9 Å². The topological polar surface area (TPSA) is 82.0 Å². The lowest BCUT2D eigenvalue weighted by Gasteiger charge is -2.34. The molecule has 0 N–H and O–H groups in total. The number of aliphatic imine (C=N–C) groups is 1. The number of rotatable bonds is 5. The Labute approximate surface area is 164 Å². The summed E-state index contributed by atoms with van der Waals surface area (Å²) in [5.41, 5.74) is 3.26. The molecule has 1 heterocycles. The minimum atomic E-state index is -0.642. The van der Waals surface area contributed by atoms with E-state index in [-0.39, 0.29) is 11.8 Å². The number of ketones is 1. The lowest BCUT2D eigenvalue weighted by Crippen LogP contribution is -2.37. The fourth-order valence-electron chi connectivity index (χ4n) is 3.91. The van der Waals surface area contributed by atoms with E-state index < -0.39 is 17.8 Å². The molecule has 0 saturated heterocycles. The minimum absolute atomic E-state index is 0.0350. The first-order valence-electron chi connectivity index (χ1n) is 9.64. The molecule has 0 fully saturated rings. The van der Waals surface area contributed by atoms with Gasteiger partial charge in [-0.15, -0.1) is 0 Å². The molecule has 1 aromatic carbocycles. The lowest BCUT2D eigenvalue weighted by molar-refractivity contribution is -0.146. The van der Waals surface area contributed by atoms with Gasteiger partial charge in [-0.05, 0) is 43.9 Å². The molecular weight excluding hydrogens is 358 g/mol. The van der Waals surface area contributed by atoms with E-state index in [1.54, 1.807) is 24.3 Å². The predicted octanol–water partition coefficient (Wildman–Crippen LogP) is 3.61. The molecule has 0 spiro atoms. The third-order valence-corrected chi connectivity index (χ3v) is 5.23. The van der Waals surface area contributed by atoms with Crippen molar-refractivity contribution >= 4 is 23.4 Å². The predicted molar refractivity (Wildman–Crippen MR) is 104 cm³/mol. The van der Waals surface area contributed by atoms with Gasteiger partial charge in [-0.2, -0.15) is 0 Å². The SMILES string of the molecule is CCCOC(=O)C1C(C)=NC2=C(C(=O)CCC2)[C@H]1c1ccc(C(=O)OC)cc1. The van der Waals surface area contributed by atoms with Gasteiger partial charge in [0.25, 0.3) is 0 Å². The largest absolute Gasteiger partial charge is 0.465 e. The zero-order valence-electron chi connectivity index (χ0n) is 16.5. The maximum absolute atomic E-state index is 12.8. The molecule has 0 aromatic heterocycles. The highest BCUT2D eigenvalue weighted by Crippen LogP contribution is 2.43.